The highest BCUT2D eigenvalue weighted by Crippen LogP contribution is 2.52. The summed E-state index contributed by atoms with van der Waals surface area (Å²) in [6, 6.07) is -0.164. The number of fused-ring (bicyclic) bond motifs is 2. The van der Waals surface area contributed by atoms with E-state index in [9.17, 15) is 14.4 Å². The molecule has 0 radical (unpaired) electrons. The summed E-state index contributed by atoms with van der Waals surface area (Å²) in [5, 5.41) is 0. The van der Waals surface area contributed by atoms with Crippen molar-refractivity contribution < 1.29 is 23.8 Å². The Bertz CT molecular complexity index is 831. The normalized spacial score (nSPS) is 29.9. The molecule has 3 atom stereocenters. The van der Waals surface area contributed by atoms with Crippen LogP contribution in [0.1, 0.15) is 53.1 Å². The highest BCUT2D eigenvalue weighted by Gasteiger charge is 2.60. The zero-order valence-corrected chi connectivity index (χ0v) is 14.4. The average Bonchev–Trinajstić information content (AvgIpc) is 3.16. The molecule has 1 aliphatic carbocycles. The van der Waals surface area contributed by atoms with Crippen molar-refractivity contribution in [2.45, 2.75) is 44.1 Å². The third-order valence-electron chi connectivity index (χ3n) is 5.42. The lowest BCUT2D eigenvalue weighted by Gasteiger charge is -2.44. The third kappa shape index (κ3) is 1.94. The maximum absolute atomic E-state index is 13.2. The van der Waals surface area contributed by atoms with E-state index in [1.807, 2.05) is 6.92 Å². The molecule has 25 heavy (non-hydrogen) atoms. The van der Waals surface area contributed by atoms with Gasteiger partial charge in [0, 0.05) is 12.7 Å². The van der Waals surface area contributed by atoms with Crippen LogP contribution in [0.25, 0.3) is 0 Å². The van der Waals surface area contributed by atoms with Crippen molar-refractivity contribution in [1.29, 1.82) is 0 Å². The largest absolute Gasteiger partial charge is 0.491 e. The number of ether oxygens (including phenoxy) is 3. The van der Waals surface area contributed by atoms with Crippen molar-refractivity contribution in [3.05, 3.63) is 27.7 Å². The highest BCUT2D eigenvalue weighted by atomic mass is 16.5. The molecule has 8 nitrogen and oxygen atoms in total. The first-order valence-electron chi connectivity index (χ1n) is 8.36. The first kappa shape index (κ1) is 16.1. The lowest BCUT2D eigenvalue weighted by atomic mass is 9.99. The van der Waals surface area contributed by atoms with Gasteiger partial charge in [0.25, 0.3) is 5.91 Å². The van der Waals surface area contributed by atoms with Gasteiger partial charge in [-0.25, -0.2) is 4.79 Å². The second-order valence-electron chi connectivity index (χ2n) is 6.75. The fraction of sp³-hybridized carbons (Fsp3) is 0.588. The summed E-state index contributed by atoms with van der Waals surface area (Å²) in [5.41, 5.74) is -1.30. The van der Waals surface area contributed by atoms with Gasteiger partial charge in [-0.1, -0.05) is 0 Å². The minimum absolute atomic E-state index is 0.0859. The Morgan fingerprint density at radius 2 is 2.12 bits per heavy atom. The van der Waals surface area contributed by atoms with Gasteiger partial charge in [0.2, 0.25) is 5.43 Å². The minimum atomic E-state index is -0.749. The molecule has 0 aromatic carbocycles. The maximum atomic E-state index is 13.2. The summed E-state index contributed by atoms with van der Waals surface area (Å²) in [5.74, 6) is -1.16. The molecule has 0 bridgehead atoms. The molecule has 2 aliphatic heterocycles. The highest BCUT2D eigenvalue weighted by molar-refractivity contribution is 5.98. The van der Waals surface area contributed by atoms with Gasteiger partial charge < -0.3 is 23.7 Å². The Labute approximate surface area is 144 Å². The van der Waals surface area contributed by atoms with Gasteiger partial charge in [0.15, 0.2) is 17.2 Å². The van der Waals surface area contributed by atoms with E-state index in [1.54, 1.807) is 9.47 Å². The van der Waals surface area contributed by atoms with Gasteiger partial charge in [-0.3, -0.25) is 9.59 Å². The standard InChI is InChI=1S/C17H20N2O6/c1-9-7-19-15(21)12-14(23-2)13(20)10(16(22)24-3)8-18(12)11-5-4-6-17(11,19)25-9/h8-9,11H,4-7H2,1-3H3/t9-,11?,17?/m0/s1. The second kappa shape index (κ2) is 5.32. The minimum Gasteiger partial charge on any atom is -0.491 e. The molecule has 1 aromatic rings. The van der Waals surface area contributed by atoms with Crippen molar-refractivity contribution in [2.75, 3.05) is 20.8 Å². The molecular weight excluding hydrogens is 328 g/mol. The Balaban J connectivity index is 2.00. The Morgan fingerprint density at radius 1 is 1.36 bits per heavy atom. The Hall–Kier alpha value is -2.35. The maximum Gasteiger partial charge on any atom is 0.343 e. The van der Waals surface area contributed by atoms with Gasteiger partial charge in [0.1, 0.15) is 5.56 Å². The summed E-state index contributed by atoms with van der Waals surface area (Å²) >= 11 is 0. The molecule has 4 rings (SSSR count). The molecule has 2 fully saturated rings. The number of methoxy groups -OCH3 is 2. The number of hydrogen-bond acceptors (Lipinski definition) is 6. The molecule has 1 saturated carbocycles. The monoisotopic (exact) mass is 348 g/mol. The van der Waals surface area contributed by atoms with Crippen molar-refractivity contribution in [3.63, 3.8) is 0 Å². The summed E-state index contributed by atoms with van der Waals surface area (Å²) in [6.45, 7) is 2.41. The number of carbonyl (C=O) groups excluding carboxylic acids is 2. The van der Waals surface area contributed by atoms with Gasteiger partial charge >= 0.3 is 5.97 Å². The zero-order chi connectivity index (χ0) is 17.9. The molecule has 3 aliphatic rings. The van der Waals surface area contributed by atoms with Crippen LogP contribution in [0.2, 0.25) is 0 Å². The summed E-state index contributed by atoms with van der Waals surface area (Å²) in [4.78, 5) is 39.5. The zero-order valence-electron chi connectivity index (χ0n) is 14.4. The lowest BCUT2D eigenvalue weighted by molar-refractivity contribution is -0.116. The number of amides is 1. The van der Waals surface area contributed by atoms with Crippen LogP contribution in [-0.2, 0) is 9.47 Å². The van der Waals surface area contributed by atoms with Crippen molar-refractivity contribution in [2.24, 2.45) is 0 Å². The number of rotatable bonds is 2. The van der Waals surface area contributed by atoms with E-state index in [0.29, 0.717) is 6.54 Å². The summed E-state index contributed by atoms with van der Waals surface area (Å²) in [6.07, 6.45) is 3.75. The Morgan fingerprint density at radius 3 is 2.80 bits per heavy atom. The molecule has 134 valence electrons. The van der Waals surface area contributed by atoms with Crippen molar-refractivity contribution in [3.8, 4) is 5.75 Å². The SMILES string of the molecule is COC(=O)c1cn2c(c(OC)c1=O)C(=O)N1C[C@H](C)OC13CCCC23. The molecule has 1 amide bonds. The molecule has 3 heterocycles. The Kier molecular flexibility index (Phi) is 3.44. The van der Waals surface area contributed by atoms with E-state index in [0.717, 1.165) is 19.3 Å². The fourth-order valence-electron chi connectivity index (χ4n) is 4.50. The first-order valence-corrected chi connectivity index (χ1v) is 8.36. The smallest absolute Gasteiger partial charge is 0.343 e. The number of pyridine rings is 1. The topological polar surface area (TPSA) is 87.1 Å². The van der Waals surface area contributed by atoms with Crippen LogP contribution >= 0.6 is 0 Å². The van der Waals surface area contributed by atoms with Gasteiger partial charge in [-0.15, -0.1) is 0 Å². The molecule has 1 spiro atoms. The van der Waals surface area contributed by atoms with Crippen LogP contribution in [0.15, 0.2) is 11.0 Å². The fourth-order valence-corrected chi connectivity index (χ4v) is 4.50. The quantitative estimate of drug-likeness (QED) is 0.739. The van der Waals surface area contributed by atoms with E-state index < -0.39 is 17.1 Å². The predicted octanol–water partition coefficient (Wildman–Crippen LogP) is 0.939. The second-order valence-corrected chi connectivity index (χ2v) is 6.75. The average molecular weight is 348 g/mol. The number of esters is 1. The van der Waals surface area contributed by atoms with Crippen LogP contribution < -0.4 is 10.2 Å². The first-order chi connectivity index (χ1) is 11.9. The molecule has 2 unspecified atom stereocenters. The van der Waals surface area contributed by atoms with E-state index in [-0.39, 0.29) is 35.1 Å². The van der Waals surface area contributed by atoms with Crippen LogP contribution in [0.3, 0.4) is 0 Å². The van der Waals surface area contributed by atoms with Crippen LogP contribution in [0.5, 0.6) is 5.75 Å². The lowest BCUT2D eigenvalue weighted by Crippen LogP contribution is -2.56. The van der Waals surface area contributed by atoms with Gasteiger partial charge in [-0.05, 0) is 26.2 Å². The number of aromatic nitrogens is 1. The predicted molar refractivity (Wildman–Crippen MR) is 85.8 cm³/mol. The number of hydrogen-bond donors (Lipinski definition) is 0. The molecular formula is C17H20N2O6. The van der Waals surface area contributed by atoms with E-state index in [2.05, 4.69) is 0 Å². The van der Waals surface area contributed by atoms with Crippen molar-refractivity contribution >= 4 is 11.9 Å². The van der Waals surface area contributed by atoms with E-state index >= 15 is 0 Å². The van der Waals surface area contributed by atoms with Crippen molar-refractivity contribution in [1.82, 2.24) is 9.47 Å². The van der Waals surface area contributed by atoms with E-state index in [1.165, 1.54) is 20.4 Å². The van der Waals surface area contributed by atoms with E-state index in [4.69, 9.17) is 14.2 Å². The molecule has 8 heteroatoms. The molecule has 1 saturated heterocycles. The van der Waals surface area contributed by atoms with Crippen LogP contribution in [-0.4, -0.2) is 53.9 Å². The summed E-state index contributed by atoms with van der Waals surface area (Å²) in [7, 11) is 2.54. The van der Waals surface area contributed by atoms with Gasteiger partial charge in [-0.2, -0.15) is 0 Å². The number of carbonyl (C=O) groups is 2. The molecule has 0 N–H and O–H groups in total. The number of nitrogens with zero attached hydrogens (tertiary/aromatic N) is 2. The van der Waals surface area contributed by atoms with Crippen LogP contribution in [0, 0.1) is 0 Å². The van der Waals surface area contributed by atoms with Gasteiger partial charge in [0.05, 0.1) is 26.4 Å². The molecule has 1 aromatic heterocycles. The third-order valence-corrected chi connectivity index (χ3v) is 5.42. The van der Waals surface area contributed by atoms with Crippen LogP contribution in [0.4, 0.5) is 0 Å². The summed E-state index contributed by atoms with van der Waals surface area (Å²) < 4.78 is 17.8.